The van der Waals surface area contributed by atoms with Crippen LogP contribution in [0.25, 0.3) is 0 Å². The Bertz CT molecular complexity index is 330. The van der Waals surface area contributed by atoms with Crippen molar-refractivity contribution < 1.29 is 9.47 Å². The summed E-state index contributed by atoms with van der Waals surface area (Å²) >= 11 is 0. The van der Waals surface area contributed by atoms with E-state index in [0.29, 0.717) is 24.8 Å². The Kier molecular flexibility index (Phi) is 3.53. The first-order valence-electron chi connectivity index (χ1n) is 5.26. The molecule has 1 aromatic heterocycles. The number of nitrogens with zero attached hydrogens (tertiary/aromatic N) is 3. The van der Waals surface area contributed by atoms with E-state index in [2.05, 4.69) is 14.9 Å². The Morgan fingerprint density at radius 2 is 2.31 bits per heavy atom. The first-order chi connectivity index (χ1) is 7.83. The van der Waals surface area contributed by atoms with Gasteiger partial charge in [0.1, 0.15) is 0 Å². The smallest absolute Gasteiger partial charge is 0.225 e. The van der Waals surface area contributed by atoms with Crippen molar-refractivity contribution in [3.63, 3.8) is 0 Å². The number of anilines is 1. The zero-order valence-electron chi connectivity index (χ0n) is 9.30. The fourth-order valence-corrected chi connectivity index (χ4v) is 1.62. The number of hydrogen-bond donors (Lipinski definition) is 1. The molecule has 0 bridgehead atoms. The molecule has 0 saturated carbocycles. The van der Waals surface area contributed by atoms with Crippen LogP contribution < -0.4 is 15.4 Å². The van der Waals surface area contributed by atoms with Crippen LogP contribution in [0.4, 0.5) is 5.95 Å². The Balaban J connectivity index is 2.05. The zero-order chi connectivity index (χ0) is 11.4. The van der Waals surface area contributed by atoms with Gasteiger partial charge in [0.05, 0.1) is 32.2 Å². The van der Waals surface area contributed by atoms with E-state index in [0.717, 1.165) is 13.1 Å². The van der Waals surface area contributed by atoms with Gasteiger partial charge in [-0.05, 0) is 0 Å². The summed E-state index contributed by atoms with van der Waals surface area (Å²) in [6.07, 6.45) is 3.39. The molecule has 1 saturated heterocycles. The van der Waals surface area contributed by atoms with Gasteiger partial charge in [-0.25, -0.2) is 9.97 Å². The summed E-state index contributed by atoms with van der Waals surface area (Å²) in [6, 6.07) is 0. The van der Waals surface area contributed by atoms with E-state index in [-0.39, 0.29) is 6.10 Å². The van der Waals surface area contributed by atoms with Crippen LogP contribution in [-0.2, 0) is 4.74 Å². The Morgan fingerprint density at radius 3 is 2.94 bits per heavy atom. The lowest BCUT2D eigenvalue weighted by Gasteiger charge is -2.32. The predicted octanol–water partition coefficient (Wildman–Crippen LogP) is -0.351. The number of methoxy groups -OCH3 is 1. The fourth-order valence-electron chi connectivity index (χ4n) is 1.62. The summed E-state index contributed by atoms with van der Waals surface area (Å²) in [5.41, 5.74) is 5.58. The first kappa shape index (κ1) is 11.1. The lowest BCUT2D eigenvalue weighted by molar-refractivity contribution is 0.0460. The molecular formula is C10H16N4O2. The van der Waals surface area contributed by atoms with Gasteiger partial charge in [-0.3, -0.25) is 0 Å². The molecule has 1 aliphatic rings. The van der Waals surface area contributed by atoms with Crippen molar-refractivity contribution in [3.05, 3.63) is 12.4 Å². The van der Waals surface area contributed by atoms with Gasteiger partial charge in [0.15, 0.2) is 5.75 Å². The lowest BCUT2D eigenvalue weighted by Crippen LogP contribution is -2.46. The number of rotatable bonds is 3. The van der Waals surface area contributed by atoms with Crippen LogP contribution in [0.5, 0.6) is 5.75 Å². The normalized spacial score (nSPS) is 20.9. The molecule has 6 heteroatoms. The summed E-state index contributed by atoms with van der Waals surface area (Å²) < 4.78 is 10.5. The minimum absolute atomic E-state index is 0.0689. The van der Waals surface area contributed by atoms with Crippen molar-refractivity contribution in [2.45, 2.75) is 6.10 Å². The summed E-state index contributed by atoms with van der Waals surface area (Å²) in [6.45, 7) is 2.72. The van der Waals surface area contributed by atoms with Crippen LogP contribution in [0.3, 0.4) is 0 Å². The van der Waals surface area contributed by atoms with E-state index in [1.165, 1.54) is 0 Å². The molecule has 0 aliphatic carbocycles. The highest BCUT2D eigenvalue weighted by Crippen LogP contribution is 2.14. The maximum Gasteiger partial charge on any atom is 0.225 e. The maximum absolute atomic E-state index is 5.58. The largest absolute Gasteiger partial charge is 0.494 e. The molecule has 6 nitrogen and oxygen atoms in total. The molecule has 2 rings (SSSR count). The first-order valence-corrected chi connectivity index (χ1v) is 5.26. The summed E-state index contributed by atoms with van der Waals surface area (Å²) in [7, 11) is 1.59. The van der Waals surface area contributed by atoms with Gasteiger partial charge < -0.3 is 20.1 Å². The molecule has 88 valence electrons. The molecule has 2 heterocycles. The molecule has 1 unspecified atom stereocenters. The second kappa shape index (κ2) is 5.09. The van der Waals surface area contributed by atoms with E-state index < -0.39 is 0 Å². The SMILES string of the molecule is COc1cnc(N2CCOC(CN)C2)nc1. The van der Waals surface area contributed by atoms with Gasteiger partial charge in [-0.1, -0.05) is 0 Å². The molecule has 1 fully saturated rings. The Morgan fingerprint density at radius 1 is 1.56 bits per heavy atom. The second-order valence-electron chi connectivity index (χ2n) is 3.60. The molecular weight excluding hydrogens is 208 g/mol. The van der Waals surface area contributed by atoms with Gasteiger partial charge in [0, 0.05) is 19.6 Å². The van der Waals surface area contributed by atoms with Crippen molar-refractivity contribution in [1.82, 2.24) is 9.97 Å². The Hall–Kier alpha value is -1.40. The number of aromatic nitrogens is 2. The summed E-state index contributed by atoms with van der Waals surface area (Å²) in [4.78, 5) is 10.5. The molecule has 16 heavy (non-hydrogen) atoms. The third-order valence-corrected chi connectivity index (χ3v) is 2.53. The zero-order valence-corrected chi connectivity index (χ0v) is 9.30. The third-order valence-electron chi connectivity index (χ3n) is 2.53. The number of ether oxygens (including phenoxy) is 2. The van der Waals surface area contributed by atoms with Crippen LogP contribution in [0, 0.1) is 0 Å². The van der Waals surface area contributed by atoms with Gasteiger partial charge in [-0.15, -0.1) is 0 Å². The molecule has 1 atom stereocenters. The van der Waals surface area contributed by atoms with E-state index >= 15 is 0 Å². The number of nitrogens with two attached hydrogens (primary N) is 1. The average molecular weight is 224 g/mol. The minimum atomic E-state index is 0.0689. The minimum Gasteiger partial charge on any atom is -0.494 e. The summed E-state index contributed by atoms with van der Waals surface area (Å²) in [5.74, 6) is 1.36. The van der Waals surface area contributed by atoms with Crippen LogP contribution in [0.15, 0.2) is 12.4 Å². The van der Waals surface area contributed by atoms with Crippen molar-refractivity contribution in [2.75, 3.05) is 38.3 Å². The van der Waals surface area contributed by atoms with E-state index in [4.69, 9.17) is 15.2 Å². The third kappa shape index (κ3) is 2.40. The fraction of sp³-hybridized carbons (Fsp3) is 0.600. The lowest BCUT2D eigenvalue weighted by atomic mass is 10.3. The van der Waals surface area contributed by atoms with Crippen molar-refractivity contribution in [2.24, 2.45) is 5.73 Å². The van der Waals surface area contributed by atoms with Crippen molar-refractivity contribution >= 4 is 5.95 Å². The van der Waals surface area contributed by atoms with Crippen molar-refractivity contribution in [3.8, 4) is 5.75 Å². The molecule has 1 aliphatic heterocycles. The predicted molar refractivity (Wildman–Crippen MR) is 59.6 cm³/mol. The van der Waals surface area contributed by atoms with E-state index in [1.807, 2.05) is 0 Å². The van der Waals surface area contributed by atoms with E-state index in [1.54, 1.807) is 19.5 Å². The van der Waals surface area contributed by atoms with Crippen LogP contribution in [-0.4, -0.2) is 49.4 Å². The molecule has 0 amide bonds. The molecule has 0 aromatic carbocycles. The van der Waals surface area contributed by atoms with E-state index in [9.17, 15) is 0 Å². The van der Waals surface area contributed by atoms with Crippen LogP contribution in [0.2, 0.25) is 0 Å². The summed E-state index contributed by atoms with van der Waals surface area (Å²) in [5, 5.41) is 0. The number of morpholine rings is 1. The monoisotopic (exact) mass is 224 g/mol. The standard InChI is InChI=1S/C10H16N4O2/c1-15-9-5-12-10(13-6-9)14-2-3-16-8(4-11)7-14/h5-6,8H,2-4,7,11H2,1H3. The van der Waals surface area contributed by atoms with Gasteiger partial charge in [0.2, 0.25) is 5.95 Å². The van der Waals surface area contributed by atoms with Crippen molar-refractivity contribution in [1.29, 1.82) is 0 Å². The van der Waals surface area contributed by atoms with Crippen LogP contribution in [0.1, 0.15) is 0 Å². The maximum atomic E-state index is 5.58. The van der Waals surface area contributed by atoms with Gasteiger partial charge in [-0.2, -0.15) is 0 Å². The van der Waals surface area contributed by atoms with Crippen LogP contribution >= 0.6 is 0 Å². The molecule has 0 spiro atoms. The molecule has 0 radical (unpaired) electrons. The average Bonchev–Trinajstić information content (AvgIpc) is 2.39. The molecule has 1 aromatic rings. The quantitative estimate of drug-likeness (QED) is 0.756. The second-order valence-corrected chi connectivity index (χ2v) is 3.60. The highest BCUT2D eigenvalue weighted by atomic mass is 16.5. The Labute approximate surface area is 94.4 Å². The molecule has 2 N–H and O–H groups in total. The van der Waals surface area contributed by atoms with Gasteiger partial charge in [0.25, 0.3) is 0 Å². The number of hydrogen-bond acceptors (Lipinski definition) is 6. The topological polar surface area (TPSA) is 73.5 Å². The highest BCUT2D eigenvalue weighted by Gasteiger charge is 2.20. The van der Waals surface area contributed by atoms with Gasteiger partial charge >= 0.3 is 0 Å². The highest BCUT2D eigenvalue weighted by molar-refractivity contribution is 5.32.